The van der Waals surface area contributed by atoms with E-state index in [1.807, 2.05) is 0 Å². The van der Waals surface area contributed by atoms with Gasteiger partial charge in [-0.25, -0.2) is 18.4 Å². The van der Waals surface area contributed by atoms with Gasteiger partial charge in [-0.3, -0.25) is 4.79 Å². The normalized spacial score (nSPS) is 11.3. The molecular weight excluding hydrogens is 348 g/mol. The smallest absolute Gasteiger partial charge is 0.338 e. The number of hydrogen-bond donors (Lipinski definition) is 3. The van der Waals surface area contributed by atoms with E-state index in [9.17, 15) is 23.2 Å². The second-order valence-electron chi connectivity index (χ2n) is 5.23. The molecule has 1 atom stereocenters. The first-order valence-electron chi connectivity index (χ1n) is 7.39. The number of primary amides is 1. The fourth-order valence-electron chi connectivity index (χ4n) is 1.94. The molecule has 136 valence electrons. The maximum atomic E-state index is 13.5. The molecule has 9 heteroatoms. The van der Waals surface area contributed by atoms with Crippen LogP contribution in [0.15, 0.2) is 42.5 Å². The van der Waals surface area contributed by atoms with E-state index in [1.165, 1.54) is 31.2 Å². The SMILES string of the molecule is CC(OC(=O)c1ccc(NC(N)=O)cc1)C(=O)Nc1ccc(F)cc1F. The number of hydrogen-bond acceptors (Lipinski definition) is 4. The summed E-state index contributed by atoms with van der Waals surface area (Å²) in [7, 11) is 0. The van der Waals surface area contributed by atoms with Crippen molar-refractivity contribution in [2.45, 2.75) is 13.0 Å². The van der Waals surface area contributed by atoms with Gasteiger partial charge in [0.2, 0.25) is 0 Å². The summed E-state index contributed by atoms with van der Waals surface area (Å²) < 4.78 is 31.4. The van der Waals surface area contributed by atoms with Gasteiger partial charge in [-0.15, -0.1) is 0 Å². The highest BCUT2D eigenvalue weighted by atomic mass is 19.1. The third kappa shape index (κ3) is 5.00. The van der Waals surface area contributed by atoms with E-state index in [1.54, 1.807) is 0 Å². The molecule has 0 bridgehead atoms. The van der Waals surface area contributed by atoms with Gasteiger partial charge in [-0.05, 0) is 43.3 Å². The van der Waals surface area contributed by atoms with Crippen molar-refractivity contribution in [3.05, 3.63) is 59.7 Å². The largest absolute Gasteiger partial charge is 0.449 e. The van der Waals surface area contributed by atoms with Crippen LogP contribution >= 0.6 is 0 Å². The van der Waals surface area contributed by atoms with Crippen LogP contribution in [-0.4, -0.2) is 24.0 Å². The molecule has 0 aliphatic rings. The van der Waals surface area contributed by atoms with Crippen LogP contribution in [0.25, 0.3) is 0 Å². The van der Waals surface area contributed by atoms with Gasteiger partial charge in [0.15, 0.2) is 6.10 Å². The Bertz CT molecular complexity index is 840. The van der Waals surface area contributed by atoms with Gasteiger partial charge in [-0.1, -0.05) is 0 Å². The van der Waals surface area contributed by atoms with Gasteiger partial charge in [0.25, 0.3) is 5.91 Å². The third-order valence-corrected chi connectivity index (χ3v) is 3.23. The number of halogens is 2. The van der Waals surface area contributed by atoms with E-state index in [-0.39, 0.29) is 11.3 Å². The molecule has 4 N–H and O–H groups in total. The summed E-state index contributed by atoms with van der Waals surface area (Å²) in [5, 5.41) is 4.53. The van der Waals surface area contributed by atoms with Gasteiger partial charge in [0.1, 0.15) is 11.6 Å². The number of carbonyl (C=O) groups excluding carboxylic acids is 3. The number of nitrogens with two attached hydrogens (primary N) is 1. The summed E-state index contributed by atoms with van der Waals surface area (Å²) in [5.74, 6) is -3.31. The van der Waals surface area contributed by atoms with Gasteiger partial charge in [0.05, 0.1) is 11.3 Å². The van der Waals surface area contributed by atoms with Crippen molar-refractivity contribution in [2.24, 2.45) is 5.73 Å². The molecule has 0 aliphatic heterocycles. The molecule has 0 saturated carbocycles. The molecule has 2 aromatic rings. The van der Waals surface area contributed by atoms with Crippen molar-refractivity contribution in [3.63, 3.8) is 0 Å². The first-order valence-corrected chi connectivity index (χ1v) is 7.39. The van der Waals surface area contributed by atoms with Crippen molar-refractivity contribution < 1.29 is 27.9 Å². The number of carbonyl (C=O) groups is 3. The lowest BCUT2D eigenvalue weighted by molar-refractivity contribution is -0.123. The number of anilines is 2. The molecule has 1 unspecified atom stereocenters. The van der Waals surface area contributed by atoms with Gasteiger partial charge in [-0.2, -0.15) is 0 Å². The highest BCUT2D eigenvalue weighted by molar-refractivity contribution is 5.97. The zero-order valence-electron chi connectivity index (χ0n) is 13.6. The molecule has 2 aromatic carbocycles. The summed E-state index contributed by atoms with van der Waals surface area (Å²) in [6.07, 6.45) is -1.23. The van der Waals surface area contributed by atoms with Crippen molar-refractivity contribution in [3.8, 4) is 0 Å². The fraction of sp³-hybridized carbons (Fsp3) is 0.118. The van der Waals surface area contributed by atoms with Crippen molar-refractivity contribution in [2.75, 3.05) is 10.6 Å². The standard InChI is InChI=1S/C17H15F2N3O4/c1-9(15(23)22-14-7-4-11(18)8-13(14)19)26-16(24)10-2-5-12(6-3-10)21-17(20)25/h2-9H,1H3,(H,22,23)(H3,20,21,25). The molecule has 7 nitrogen and oxygen atoms in total. The minimum Gasteiger partial charge on any atom is -0.449 e. The lowest BCUT2D eigenvalue weighted by Crippen LogP contribution is -2.30. The van der Waals surface area contributed by atoms with Crippen molar-refractivity contribution in [1.82, 2.24) is 0 Å². The van der Waals surface area contributed by atoms with Gasteiger partial charge in [0, 0.05) is 11.8 Å². The average Bonchev–Trinajstić information content (AvgIpc) is 2.57. The Hall–Kier alpha value is -3.49. The fourth-order valence-corrected chi connectivity index (χ4v) is 1.94. The number of benzene rings is 2. The number of ether oxygens (including phenoxy) is 1. The maximum absolute atomic E-state index is 13.5. The van der Waals surface area contributed by atoms with Crippen LogP contribution in [0.4, 0.5) is 25.0 Å². The van der Waals surface area contributed by atoms with Crippen LogP contribution < -0.4 is 16.4 Å². The Morgan fingerprint density at radius 1 is 1.04 bits per heavy atom. The van der Waals surface area contributed by atoms with Crippen molar-refractivity contribution >= 4 is 29.3 Å². The highest BCUT2D eigenvalue weighted by Crippen LogP contribution is 2.16. The van der Waals surface area contributed by atoms with Gasteiger partial charge >= 0.3 is 12.0 Å². The summed E-state index contributed by atoms with van der Waals surface area (Å²) >= 11 is 0. The first kappa shape index (κ1) is 18.8. The lowest BCUT2D eigenvalue weighted by atomic mass is 10.2. The number of urea groups is 1. The Morgan fingerprint density at radius 2 is 1.69 bits per heavy atom. The Morgan fingerprint density at radius 3 is 2.27 bits per heavy atom. The molecule has 0 spiro atoms. The van der Waals surface area contributed by atoms with E-state index < -0.39 is 35.6 Å². The molecule has 0 aliphatic carbocycles. The number of nitrogens with one attached hydrogen (secondary N) is 2. The zero-order chi connectivity index (χ0) is 19.3. The molecule has 0 radical (unpaired) electrons. The number of rotatable bonds is 5. The molecule has 26 heavy (non-hydrogen) atoms. The number of esters is 1. The predicted molar refractivity (Wildman–Crippen MR) is 89.5 cm³/mol. The molecule has 0 fully saturated rings. The Labute approximate surface area is 147 Å². The van der Waals surface area contributed by atoms with E-state index in [0.717, 1.165) is 12.1 Å². The molecule has 0 aromatic heterocycles. The van der Waals surface area contributed by atoms with Crippen LogP contribution in [0.3, 0.4) is 0 Å². The minimum absolute atomic E-state index is 0.132. The van der Waals surface area contributed by atoms with Crippen LogP contribution in [-0.2, 0) is 9.53 Å². The Kier molecular flexibility index (Phi) is 5.84. The lowest BCUT2D eigenvalue weighted by Gasteiger charge is -2.14. The van der Waals surface area contributed by atoms with E-state index in [0.29, 0.717) is 11.8 Å². The first-order chi connectivity index (χ1) is 12.3. The summed E-state index contributed by atoms with van der Waals surface area (Å²) in [4.78, 5) is 34.7. The molecule has 3 amide bonds. The van der Waals surface area contributed by atoms with Crippen LogP contribution in [0.1, 0.15) is 17.3 Å². The quantitative estimate of drug-likeness (QED) is 0.709. The second-order valence-corrected chi connectivity index (χ2v) is 5.23. The van der Waals surface area contributed by atoms with Crippen LogP contribution in [0.2, 0.25) is 0 Å². The van der Waals surface area contributed by atoms with E-state index >= 15 is 0 Å². The predicted octanol–water partition coefficient (Wildman–Crippen LogP) is 2.64. The minimum atomic E-state index is -1.23. The van der Waals surface area contributed by atoms with Gasteiger partial charge < -0.3 is 21.1 Å². The van der Waals surface area contributed by atoms with E-state index in [4.69, 9.17) is 10.5 Å². The van der Waals surface area contributed by atoms with Crippen LogP contribution in [0, 0.1) is 11.6 Å². The topological polar surface area (TPSA) is 111 Å². The highest BCUT2D eigenvalue weighted by Gasteiger charge is 2.20. The zero-order valence-corrected chi connectivity index (χ0v) is 13.6. The third-order valence-electron chi connectivity index (χ3n) is 3.23. The monoisotopic (exact) mass is 363 g/mol. The van der Waals surface area contributed by atoms with E-state index in [2.05, 4.69) is 10.6 Å². The summed E-state index contributed by atoms with van der Waals surface area (Å²) in [5.41, 5.74) is 5.25. The molecule has 0 heterocycles. The molecular formula is C17H15F2N3O4. The molecule has 0 saturated heterocycles. The van der Waals surface area contributed by atoms with Crippen molar-refractivity contribution in [1.29, 1.82) is 0 Å². The summed E-state index contributed by atoms with van der Waals surface area (Å²) in [6.45, 7) is 1.30. The molecule has 2 rings (SSSR count). The van der Waals surface area contributed by atoms with Crippen LogP contribution in [0.5, 0.6) is 0 Å². The number of amides is 3. The average molecular weight is 363 g/mol. The second kappa shape index (κ2) is 8.06. The summed E-state index contributed by atoms with van der Waals surface area (Å²) in [6, 6.07) is 7.51. The Balaban J connectivity index is 1.97. The maximum Gasteiger partial charge on any atom is 0.338 e.